The van der Waals surface area contributed by atoms with Crippen LogP contribution >= 0.6 is 0 Å². The van der Waals surface area contributed by atoms with Gasteiger partial charge in [-0.3, -0.25) is 0 Å². The van der Waals surface area contributed by atoms with E-state index in [0.717, 1.165) is 36.2 Å². The smallest absolute Gasteiger partial charge is 0 e. The first-order valence-corrected chi connectivity index (χ1v) is 9.21. The molecule has 24 heavy (non-hydrogen) atoms. The van der Waals surface area contributed by atoms with E-state index >= 15 is 0 Å². The van der Waals surface area contributed by atoms with Gasteiger partial charge < -0.3 is 5.11 Å². The van der Waals surface area contributed by atoms with E-state index in [0.29, 0.717) is 0 Å². The molecule has 0 heterocycles. The van der Waals surface area contributed by atoms with Gasteiger partial charge in [0.05, 0.1) is 0 Å². The van der Waals surface area contributed by atoms with Crippen molar-refractivity contribution < 1.29 is 29.4 Å². The van der Waals surface area contributed by atoms with E-state index in [4.69, 9.17) is 5.11 Å². The molecular weight excluding hydrogens is 378 g/mol. The molecule has 0 aliphatic heterocycles. The molecule has 0 aliphatic carbocycles. The summed E-state index contributed by atoms with van der Waals surface area (Å²) in [6, 6.07) is 0. The van der Waals surface area contributed by atoms with Gasteiger partial charge in [-0.25, -0.2) is 4.79 Å². The Morgan fingerprint density at radius 2 is 1.29 bits per heavy atom. The molecule has 1 N–H and O–H groups in total. The molecule has 2 atom stereocenters. The Morgan fingerprint density at radius 1 is 0.875 bits per heavy atom. The molecule has 0 aromatic heterocycles. The summed E-state index contributed by atoms with van der Waals surface area (Å²) in [6.07, 6.45) is 12.7. The number of hydrogen-bond donors (Lipinski definition) is 1. The second-order valence-corrected chi connectivity index (χ2v) is 7.69. The third-order valence-electron chi connectivity index (χ3n) is 4.51. The fourth-order valence-electron chi connectivity index (χ4n) is 2.99. The van der Waals surface area contributed by atoms with Crippen LogP contribution in [0.4, 0.5) is 0 Å². The number of carboxylic acids is 1. The molecule has 0 amide bonds. The molecule has 136 valence electrons. The molecule has 0 rings (SSSR count). The normalized spacial score (nSPS) is 13.8. The maximum Gasteiger partial charge on any atom is 0 e. The van der Waals surface area contributed by atoms with Crippen molar-refractivity contribution in [1.29, 1.82) is 0 Å². The predicted molar refractivity (Wildman–Crippen MR) is 105 cm³/mol. The van der Waals surface area contributed by atoms with Gasteiger partial charge in [-0.15, -0.1) is 0 Å². The molecule has 2 nitrogen and oxygen atoms in total. The van der Waals surface area contributed by atoms with E-state index in [1.54, 1.807) is 0 Å². The Morgan fingerprint density at radius 3 is 1.71 bits per heavy atom. The zero-order chi connectivity index (χ0) is 17.0. The van der Waals surface area contributed by atoms with E-state index in [2.05, 4.69) is 27.7 Å². The van der Waals surface area contributed by atoms with E-state index in [1.165, 1.54) is 51.0 Å². The van der Waals surface area contributed by atoms with Crippen LogP contribution in [0.3, 0.4) is 0 Å². The first-order valence-electron chi connectivity index (χ1n) is 9.21. The van der Waals surface area contributed by atoms with Crippen LogP contribution in [-0.2, 0) is 24.3 Å². The number of allylic oxidation sites excluding steroid dienone is 1. The van der Waals surface area contributed by atoms with Gasteiger partial charge in [0.15, 0.2) is 0 Å². The molecule has 0 fully saturated rings. The van der Waals surface area contributed by atoms with Crippen molar-refractivity contribution >= 4 is 43.7 Å². The van der Waals surface area contributed by atoms with Gasteiger partial charge in [-0.05, 0) is 37.5 Å². The van der Waals surface area contributed by atoms with E-state index < -0.39 is 5.97 Å². The maximum atomic E-state index is 10.5. The molecule has 0 saturated carbocycles. The molecule has 0 saturated heterocycles. The van der Waals surface area contributed by atoms with E-state index in [-0.39, 0.29) is 57.2 Å². The average molecular weight is 418 g/mol. The van der Waals surface area contributed by atoms with Gasteiger partial charge in [-0.2, -0.15) is 0 Å². The van der Waals surface area contributed by atoms with Gasteiger partial charge >= 0.3 is 43.7 Å². The molecule has 4 heteroatoms. The Bertz CT molecular complexity index is 330. The monoisotopic (exact) mass is 416 g/mol. The summed E-state index contributed by atoms with van der Waals surface area (Å²) in [7, 11) is 0. The third kappa shape index (κ3) is 21.1. The van der Waals surface area contributed by atoms with Crippen LogP contribution in [0.2, 0.25) is 0 Å². The summed E-state index contributed by atoms with van der Waals surface area (Å²) in [6.45, 7) is 11.3. The Kier molecular flexibility index (Phi) is 23.5. The Hall–Kier alpha value is 1.09. The Labute approximate surface area is 193 Å². The number of rotatable bonds is 13. The Balaban J connectivity index is -0.00000220. The molecular formula is C20H40CaO2Zn. The quantitative estimate of drug-likeness (QED) is 0.315. The SMILES string of the molecule is C/C(=C\C(=O)O)CCC[C@H](C)CCC[C@H](C)CCCC(C)C.[CaH2].[Zn]. The fourth-order valence-corrected chi connectivity index (χ4v) is 2.99. The van der Waals surface area contributed by atoms with Crippen LogP contribution in [0.15, 0.2) is 11.6 Å². The standard InChI is InChI=1S/C20H38O2.Ca.Zn.2H/c1-16(2)9-6-10-17(3)11-7-12-18(4)13-8-14-19(5)15-20(21)22;;;;/h15-18H,6-14H2,1-5H3,(H,21,22);;;;/b19-15+;;;;/t17-,18-;;;;/m1..../s1. The second-order valence-electron chi connectivity index (χ2n) is 7.69. The van der Waals surface area contributed by atoms with Crippen molar-refractivity contribution in [3.63, 3.8) is 0 Å². The predicted octanol–water partition coefficient (Wildman–Crippen LogP) is 5.54. The average Bonchev–Trinajstić information content (AvgIpc) is 2.37. The molecule has 0 aliphatic rings. The number of carbonyl (C=O) groups is 1. The van der Waals surface area contributed by atoms with E-state index in [1.807, 2.05) is 6.92 Å². The first-order chi connectivity index (χ1) is 10.3. The minimum Gasteiger partial charge on any atom is 0 e. The summed E-state index contributed by atoms with van der Waals surface area (Å²) in [5.74, 6) is 1.65. The van der Waals surface area contributed by atoms with Crippen LogP contribution in [0.25, 0.3) is 0 Å². The molecule has 0 aromatic rings. The van der Waals surface area contributed by atoms with Gasteiger partial charge in [-0.1, -0.05) is 78.2 Å². The molecule has 0 spiro atoms. The zero-order valence-corrected chi connectivity index (χ0v) is 19.2. The number of hydrogen-bond acceptors (Lipinski definition) is 1. The van der Waals surface area contributed by atoms with Crippen LogP contribution in [0, 0.1) is 17.8 Å². The molecule has 0 aromatic carbocycles. The summed E-state index contributed by atoms with van der Waals surface area (Å²) in [5.41, 5.74) is 0.985. The molecule has 0 unspecified atom stereocenters. The van der Waals surface area contributed by atoms with Gasteiger partial charge in [0.1, 0.15) is 0 Å². The van der Waals surface area contributed by atoms with Crippen molar-refractivity contribution in [2.24, 2.45) is 17.8 Å². The largest absolute Gasteiger partial charge is 0 e. The number of carboxylic acid groups (broad SMARTS) is 1. The van der Waals surface area contributed by atoms with E-state index in [9.17, 15) is 4.79 Å². The van der Waals surface area contributed by atoms with Crippen molar-refractivity contribution in [1.82, 2.24) is 0 Å². The fraction of sp³-hybridized carbons (Fsp3) is 0.850. The van der Waals surface area contributed by atoms with Crippen LogP contribution < -0.4 is 0 Å². The topological polar surface area (TPSA) is 37.3 Å². The summed E-state index contributed by atoms with van der Waals surface area (Å²) in [5, 5.41) is 8.68. The molecule has 0 bridgehead atoms. The zero-order valence-electron chi connectivity index (χ0n) is 16.2. The minimum atomic E-state index is -0.822. The van der Waals surface area contributed by atoms with Gasteiger partial charge in [0.25, 0.3) is 0 Å². The second kappa shape index (κ2) is 18.9. The maximum absolute atomic E-state index is 10.5. The van der Waals surface area contributed by atoms with Crippen molar-refractivity contribution in [3.8, 4) is 0 Å². The first kappa shape index (κ1) is 29.8. The van der Waals surface area contributed by atoms with Crippen LogP contribution in [0.5, 0.6) is 0 Å². The number of aliphatic carboxylic acids is 1. The van der Waals surface area contributed by atoms with Gasteiger partial charge in [0.2, 0.25) is 0 Å². The molecule has 0 radical (unpaired) electrons. The summed E-state index contributed by atoms with van der Waals surface area (Å²) in [4.78, 5) is 10.5. The van der Waals surface area contributed by atoms with Crippen LogP contribution in [0.1, 0.15) is 92.4 Å². The van der Waals surface area contributed by atoms with Crippen molar-refractivity contribution in [2.45, 2.75) is 92.4 Å². The van der Waals surface area contributed by atoms with Crippen molar-refractivity contribution in [2.75, 3.05) is 0 Å². The summed E-state index contributed by atoms with van der Waals surface area (Å²) >= 11 is 0. The van der Waals surface area contributed by atoms with Crippen LogP contribution in [-0.4, -0.2) is 48.8 Å². The summed E-state index contributed by atoms with van der Waals surface area (Å²) < 4.78 is 0. The van der Waals surface area contributed by atoms with Crippen molar-refractivity contribution in [3.05, 3.63) is 11.6 Å². The van der Waals surface area contributed by atoms with Gasteiger partial charge in [0, 0.05) is 25.6 Å². The minimum absolute atomic E-state index is 0. The third-order valence-corrected chi connectivity index (χ3v) is 4.51.